The zero-order valence-corrected chi connectivity index (χ0v) is 17.4. The first-order valence-corrected chi connectivity index (χ1v) is 10.2. The van der Waals surface area contributed by atoms with E-state index in [0.717, 1.165) is 12.1 Å². The lowest BCUT2D eigenvalue weighted by molar-refractivity contribution is -0.387. The van der Waals surface area contributed by atoms with Crippen molar-refractivity contribution >= 4 is 33.6 Å². The predicted octanol–water partition coefficient (Wildman–Crippen LogP) is 3.75. The normalized spacial score (nSPS) is 11.4. The van der Waals surface area contributed by atoms with Crippen LogP contribution in [0.2, 0.25) is 0 Å². The number of rotatable bonds is 8. The molecule has 0 saturated heterocycles. The Bertz CT molecular complexity index is 1330. The van der Waals surface area contributed by atoms with Crippen LogP contribution in [-0.4, -0.2) is 30.5 Å². The highest BCUT2D eigenvalue weighted by Crippen LogP contribution is 2.33. The highest BCUT2D eigenvalue weighted by Gasteiger charge is 2.28. The smallest absolute Gasteiger partial charge is 0.346 e. The number of hydrogen-bond acceptors (Lipinski definition) is 10. The van der Waals surface area contributed by atoms with Gasteiger partial charge in [0.05, 0.1) is 17.0 Å². The number of para-hydroxylation sites is 1. The fourth-order valence-electron chi connectivity index (χ4n) is 2.72. The number of aromatic nitrogens is 1. The molecule has 0 atom stereocenters. The van der Waals surface area contributed by atoms with Gasteiger partial charge >= 0.3 is 15.8 Å². The van der Waals surface area contributed by atoms with Gasteiger partial charge in [0, 0.05) is 6.07 Å². The number of nitro benzene ring substituents is 1. The number of benzene rings is 2. The molecule has 1 heterocycles. The summed E-state index contributed by atoms with van der Waals surface area (Å²) in [6.45, 7) is 1.44. The third kappa shape index (κ3) is 4.57. The van der Waals surface area contributed by atoms with Crippen LogP contribution in [0.3, 0.4) is 0 Å². The van der Waals surface area contributed by atoms with Crippen LogP contribution in [0.25, 0.3) is 12.2 Å². The number of ether oxygens (including phenoxy) is 1. The summed E-state index contributed by atoms with van der Waals surface area (Å²) < 4.78 is 40.4. The van der Waals surface area contributed by atoms with Crippen LogP contribution in [0.4, 0.5) is 11.4 Å². The molecule has 0 aliphatic carbocycles. The predicted molar refractivity (Wildman–Crippen MR) is 111 cm³/mol. The van der Waals surface area contributed by atoms with Crippen LogP contribution in [0.5, 0.6) is 11.5 Å². The minimum Gasteiger partial charge on any atom is -0.493 e. The lowest BCUT2D eigenvalue weighted by Gasteiger charge is -2.11. The Labute approximate surface area is 181 Å². The number of aryl methyl sites for hydroxylation is 1. The standard InChI is InChI=1S/C19H15N3O9S/c1-12-19(22(25)26)16(30-20-12)10-8-13-7-9-15(17(11-13)29-2)31-32(27,28)18-6-4-3-5-14(18)21(23)24/h3-11H,1-2H3/b10-8+. The van der Waals surface area contributed by atoms with Crippen molar-refractivity contribution < 1.29 is 31.7 Å². The molecule has 0 aliphatic heterocycles. The SMILES string of the molecule is COc1cc(/C=C/c2onc(C)c2[N+](=O)[O-])ccc1OS(=O)(=O)c1ccccc1[N+](=O)[O-]. The molecule has 0 aliphatic rings. The highest BCUT2D eigenvalue weighted by atomic mass is 32.2. The molecule has 32 heavy (non-hydrogen) atoms. The van der Waals surface area contributed by atoms with E-state index in [1.54, 1.807) is 0 Å². The van der Waals surface area contributed by atoms with E-state index in [1.807, 2.05) is 0 Å². The number of nitro groups is 2. The third-order valence-electron chi connectivity index (χ3n) is 4.19. The van der Waals surface area contributed by atoms with Gasteiger partial charge < -0.3 is 13.4 Å². The zero-order valence-electron chi connectivity index (χ0n) is 16.6. The van der Waals surface area contributed by atoms with Crippen molar-refractivity contribution in [1.29, 1.82) is 0 Å². The quantitative estimate of drug-likeness (QED) is 0.274. The Balaban J connectivity index is 1.91. The molecule has 0 bridgehead atoms. The topological polar surface area (TPSA) is 165 Å². The lowest BCUT2D eigenvalue weighted by atomic mass is 10.1. The molecule has 3 rings (SSSR count). The van der Waals surface area contributed by atoms with Crippen LogP contribution < -0.4 is 8.92 Å². The second-order valence-corrected chi connectivity index (χ2v) is 7.76. The molecule has 0 radical (unpaired) electrons. The van der Waals surface area contributed by atoms with E-state index in [2.05, 4.69) is 5.16 Å². The number of hydrogen-bond donors (Lipinski definition) is 0. The van der Waals surface area contributed by atoms with Gasteiger partial charge in [-0.2, -0.15) is 8.42 Å². The van der Waals surface area contributed by atoms with Crippen molar-refractivity contribution in [2.45, 2.75) is 11.8 Å². The van der Waals surface area contributed by atoms with Crippen molar-refractivity contribution in [3.05, 3.63) is 79.7 Å². The second kappa shape index (κ2) is 8.85. The maximum Gasteiger partial charge on any atom is 0.346 e. The summed E-state index contributed by atoms with van der Waals surface area (Å²) in [5.74, 6) is -0.257. The van der Waals surface area contributed by atoms with Gasteiger partial charge in [0.2, 0.25) is 5.76 Å². The largest absolute Gasteiger partial charge is 0.493 e. The van der Waals surface area contributed by atoms with E-state index in [1.165, 1.54) is 56.5 Å². The minimum absolute atomic E-state index is 0.0116. The Morgan fingerprint density at radius 1 is 1.03 bits per heavy atom. The summed E-state index contributed by atoms with van der Waals surface area (Å²) in [5.41, 5.74) is -0.310. The van der Waals surface area contributed by atoms with Gasteiger partial charge in [-0.1, -0.05) is 29.4 Å². The summed E-state index contributed by atoms with van der Waals surface area (Å²) in [6.07, 6.45) is 2.80. The fraction of sp³-hybridized carbons (Fsp3) is 0.105. The van der Waals surface area contributed by atoms with Crippen molar-refractivity contribution in [3.8, 4) is 11.5 Å². The van der Waals surface area contributed by atoms with Crippen molar-refractivity contribution in [1.82, 2.24) is 5.16 Å². The lowest BCUT2D eigenvalue weighted by Crippen LogP contribution is -2.12. The molecule has 0 fully saturated rings. The van der Waals surface area contributed by atoms with Crippen molar-refractivity contribution in [2.75, 3.05) is 7.11 Å². The Kier molecular flexibility index (Phi) is 6.20. The molecule has 0 amide bonds. The third-order valence-corrected chi connectivity index (χ3v) is 5.47. The Morgan fingerprint density at radius 3 is 2.41 bits per heavy atom. The van der Waals surface area contributed by atoms with E-state index in [-0.39, 0.29) is 28.6 Å². The maximum atomic E-state index is 12.6. The summed E-state index contributed by atoms with van der Waals surface area (Å²) in [6, 6.07) is 8.92. The summed E-state index contributed by atoms with van der Waals surface area (Å²) in [4.78, 5) is 20.2. The van der Waals surface area contributed by atoms with Crippen molar-refractivity contribution in [3.63, 3.8) is 0 Å². The van der Waals surface area contributed by atoms with Crippen molar-refractivity contribution in [2.24, 2.45) is 0 Å². The van der Waals surface area contributed by atoms with Gasteiger partial charge in [-0.15, -0.1) is 0 Å². The molecule has 0 spiro atoms. The zero-order chi connectivity index (χ0) is 23.5. The molecule has 13 heteroatoms. The maximum absolute atomic E-state index is 12.6. The van der Waals surface area contributed by atoms with Gasteiger partial charge in [0.15, 0.2) is 22.1 Å². The first-order chi connectivity index (χ1) is 15.1. The minimum atomic E-state index is -4.54. The van der Waals surface area contributed by atoms with Crippen LogP contribution in [0, 0.1) is 27.2 Å². The van der Waals surface area contributed by atoms with E-state index in [0.29, 0.717) is 5.56 Å². The van der Waals surface area contributed by atoms with E-state index >= 15 is 0 Å². The Morgan fingerprint density at radius 2 is 1.75 bits per heavy atom. The van der Waals surface area contributed by atoms with Crippen LogP contribution in [0.15, 0.2) is 51.9 Å². The van der Waals surface area contributed by atoms with Gasteiger partial charge in [0.25, 0.3) is 5.69 Å². The average Bonchev–Trinajstić information content (AvgIpc) is 3.13. The molecule has 12 nitrogen and oxygen atoms in total. The molecule has 2 aromatic carbocycles. The van der Waals surface area contributed by atoms with Crippen LogP contribution >= 0.6 is 0 Å². The molecule has 0 N–H and O–H groups in total. The molecule has 0 saturated carbocycles. The molecular formula is C19H15N3O9S. The first kappa shape index (κ1) is 22.4. The number of nitrogens with zero attached hydrogens (tertiary/aromatic N) is 3. The molecule has 166 valence electrons. The van der Waals surface area contributed by atoms with Gasteiger partial charge in [-0.3, -0.25) is 20.2 Å². The van der Waals surface area contributed by atoms with Gasteiger partial charge in [-0.25, -0.2) is 0 Å². The highest BCUT2D eigenvalue weighted by molar-refractivity contribution is 7.87. The number of methoxy groups -OCH3 is 1. The van der Waals surface area contributed by atoms with E-state index in [9.17, 15) is 28.6 Å². The summed E-state index contributed by atoms with van der Waals surface area (Å²) in [7, 11) is -3.26. The molecule has 1 aromatic heterocycles. The molecular weight excluding hydrogens is 446 g/mol. The second-order valence-electron chi connectivity index (χ2n) is 6.24. The van der Waals surface area contributed by atoms with E-state index in [4.69, 9.17) is 13.4 Å². The van der Waals surface area contributed by atoms with E-state index < -0.39 is 30.5 Å². The van der Waals surface area contributed by atoms with Crippen LogP contribution in [0.1, 0.15) is 17.0 Å². The molecule has 3 aromatic rings. The van der Waals surface area contributed by atoms with Gasteiger partial charge in [0.1, 0.15) is 0 Å². The first-order valence-electron chi connectivity index (χ1n) is 8.78. The Hall–Kier alpha value is -4.26. The molecule has 0 unspecified atom stereocenters. The monoisotopic (exact) mass is 461 g/mol. The van der Waals surface area contributed by atoms with Gasteiger partial charge in [-0.05, 0) is 36.8 Å². The fourth-order valence-corrected chi connectivity index (χ4v) is 3.83. The average molecular weight is 461 g/mol. The summed E-state index contributed by atoms with van der Waals surface area (Å²) >= 11 is 0. The van der Waals surface area contributed by atoms with Crippen LogP contribution in [-0.2, 0) is 10.1 Å². The summed E-state index contributed by atoms with van der Waals surface area (Å²) in [5, 5.41) is 25.8.